The largest absolute Gasteiger partial charge is 0.305 e. The summed E-state index contributed by atoms with van der Waals surface area (Å²) in [4.78, 5) is 21.5. The number of carbonyl (C=O) groups is 1. The third-order valence-electron chi connectivity index (χ3n) is 3.67. The van der Waals surface area contributed by atoms with Crippen molar-refractivity contribution in [3.05, 3.63) is 78.1 Å². The van der Waals surface area contributed by atoms with Crippen molar-refractivity contribution >= 4 is 11.7 Å². The Morgan fingerprint density at radius 3 is 2.33 bits per heavy atom. The lowest BCUT2D eigenvalue weighted by Crippen LogP contribution is -2.15. The van der Waals surface area contributed by atoms with Gasteiger partial charge in [0.15, 0.2) is 5.82 Å². The standard InChI is InChI=1S/C20H19N3O/c1-2-9-17-19(23-20(24)16-12-7-4-8-13-16)21-14-18(22-17)15-10-5-3-6-11-15/h3-8,10-14H,2,9H2,1H3,(H,21,23,24). The van der Waals surface area contributed by atoms with Gasteiger partial charge < -0.3 is 5.32 Å². The molecule has 0 atom stereocenters. The number of amides is 1. The molecule has 120 valence electrons. The predicted molar refractivity (Wildman–Crippen MR) is 95.9 cm³/mol. The highest BCUT2D eigenvalue weighted by molar-refractivity contribution is 6.04. The van der Waals surface area contributed by atoms with Crippen molar-refractivity contribution in [2.24, 2.45) is 0 Å². The Hall–Kier alpha value is -3.01. The Balaban J connectivity index is 1.89. The van der Waals surface area contributed by atoms with Gasteiger partial charge in [-0.2, -0.15) is 0 Å². The first-order valence-electron chi connectivity index (χ1n) is 8.05. The van der Waals surface area contributed by atoms with Crippen LogP contribution in [0.3, 0.4) is 0 Å². The molecule has 2 aromatic carbocycles. The first-order valence-corrected chi connectivity index (χ1v) is 8.05. The molecule has 0 saturated heterocycles. The molecular formula is C20H19N3O. The van der Waals surface area contributed by atoms with E-state index in [0.29, 0.717) is 11.4 Å². The molecule has 4 nitrogen and oxygen atoms in total. The van der Waals surface area contributed by atoms with Crippen molar-refractivity contribution in [3.8, 4) is 11.3 Å². The van der Waals surface area contributed by atoms with Crippen LogP contribution >= 0.6 is 0 Å². The van der Waals surface area contributed by atoms with Gasteiger partial charge in [-0.05, 0) is 18.6 Å². The highest BCUT2D eigenvalue weighted by Gasteiger charge is 2.12. The van der Waals surface area contributed by atoms with Gasteiger partial charge in [0.05, 0.1) is 17.6 Å². The maximum atomic E-state index is 12.3. The number of nitrogens with one attached hydrogen (secondary N) is 1. The summed E-state index contributed by atoms with van der Waals surface area (Å²) >= 11 is 0. The molecule has 0 aliphatic rings. The van der Waals surface area contributed by atoms with Crippen molar-refractivity contribution in [2.75, 3.05) is 5.32 Å². The number of aromatic nitrogens is 2. The van der Waals surface area contributed by atoms with E-state index >= 15 is 0 Å². The monoisotopic (exact) mass is 317 g/mol. The normalized spacial score (nSPS) is 10.4. The topological polar surface area (TPSA) is 54.9 Å². The van der Waals surface area contributed by atoms with Gasteiger partial charge in [0, 0.05) is 11.1 Å². The molecule has 0 radical (unpaired) electrons. The zero-order valence-corrected chi connectivity index (χ0v) is 13.6. The molecule has 1 aromatic heterocycles. The fourth-order valence-corrected chi connectivity index (χ4v) is 2.46. The second-order valence-electron chi connectivity index (χ2n) is 5.49. The van der Waals surface area contributed by atoms with E-state index in [0.717, 1.165) is 29.8 Å². The SMILES string of the molecule is CCCc1nc(-c2ccccc2)cnc1NC(=O)c1ccccc1. The van der Waals surface area contributed by atoms with Gasteiger partial charge in [-0.25, -0.2) is 9.97 Å². The first kappa shape index (κ1) is 15.9. The molecule has 1 N–H and O–H groups in total. The fraction of sp³-hybridized carbons (Fsp3) is 0.150. The molecule has 3 aromatic rings. The Labute approximate surface area is 141 Å². The average molecular weight is 317 g/mol. The molecule has 1 amide bonds. The van der Waals surface area contributed by atoms with Gasteiger partial charge in [0.25, 0.3) is 5.91 Å². The number of nitrogens with zero attached hydrogens (tertiary/aromatic N) is 2. The third-order valence-corrected chi connectivity index (χ3v) is 3.67. The van der Waals surface area contributed by atoms with E-state index in [1.807, 2.05) is 48.5 Å². The van der Waals surface area contributed by atoms with Crippen LogP contribution in [0.2, 0.25) is 0 Å². The summed E-state index contributed by atoms with van der Waals surface area (Å²) in [5, 5.41) is 2.88. The van der Waals surface area contributed by atoms with Crippen LogP contribution in [0.15, 0.2) is 66.9 Å². The summed E-state index contributed by atoms with van der Waals surface area (Å²) in [6, 6.07) is 19.0. The number of anilines is 1. The molecule has 0 unspecified atom stereocenters. The van der Waals surface area contributed by atoms with Crippen molar-refractivity contribution in [2.45, 2.75) is 19.8 Å². The summed E-state index contributed by atoms with van der Waals surface area (Å²) in [5.74, 6) is 0.361. The van der Waals surface area contributed by atoms with E-state index in [9.17, 15) is 4.79 Å². The molecule has 24 heavy (non-hydrogen) atoms. The molecule has 3 rings (SSSR count). The molecular weight excluding hydrogens is 298 g/mol. The van der Waals surface area contributed by atoms with Crippen LogP contribution in [0.1, 0.15) is 29.4 Å². The Kier molecular flexibility index (Phi) is 4.96. The molecule has 0 bridgehead atoms. The van der Waals surface area contributed by atoms with E-state index < -0.39 is 0 Å². The summed E-state index contributed by atoms with van der Waals surface area (Å²) in [7, 11) is 0. The van der Waals surface area contributed by atoms with E-state index in [4.69, 9.17) is 4.98 Å². The zero-order chi connectivity index (χ0) is 16.8. The summed E-state index contributed by atoms with van der Waals surface area (Å²) in [6.07, 6.45) is 3.40. The summed E-state index contributed by atoms with van der Waals surface area (Å²) in [5.41, 5.74) is 3.25. The van der Waals surface area contributed by atoms with Crippen molar-refractivity contribution in [1.82, 2.24) is 9.97 Å². The lowest BCUT2D eigenvalue weighted by Gasteiger charge is -2.11. The van der Waals surface area contributed by atoms with Gasteiger partial charge in [-0.3, -0.25) is 4.79 Å². The Morgan fingerprint density at radius 2 is 1.67 bits per heavy atom. The maximum absolute atomic E-state index is 12.3. The number of hydrogen-bond acceptors (Lipinski definition) is 3. The minimum atomic E-state index is -0.172. The van der Waals surface area contributed by atoms with Gasteiger partial charge in [0.1, 0.15) is 0 Å². The molecule has 0 aliphatic carbocycles. The minimum absolute atomic E-state index is 0.172. The average Bonchev–Trinajstić information content (AvgIpc) is 2.65. The van der Waals surface area contributed by atoms with Gasteiger partial charge in [0.2, 0.25) is 0 Å². The second kappa shape index (κ2) is 7.51. The van der Waals surface area contributed by atoms with Crippen LogP contribution in [0, 0.1) is 0 Å². The maximum Gasteiger partial charge on any atom is 0.256 e. The van der Waals surface area contributed by atoms with E-state index in [1.54, 1.807) is 18.3 Å². The highest BCUT2D eigenvalue weighted by Crippen LogP contribution is 2.20. The number of aryl methyl sites for hydroxylation is 1. The zero-order valence-electron chi connectivity index (χ0n) is 13.6. The third kappa shape index (κ3) is 3.66. The summed E-state index contributed by atoms with van der Waals surface area (Å²) in [6.45, 7) is 2.08. The van der Waals surface area contributed by atoms with Crippen LogP contribution < -0.4 is 5.32 Å². The molecule has 0 aliphatic heterocycles. The van der Waals surface area contributed by atoms with E-state index in [2.05, 4.69) is 17.2 Å². The van der Waals surface area contributed by atoms with Crippen LogP contribution in [-0.2, 0) is 6.42 Å². The molecule has 0 saturated carbocycles. The number of benzene rings is 2. The Morgan fingerprint density at radius 1 is 1.00 bits per heavy atom. The molecule has 1 heterocycles. The lowest BCUT2D eigenvalue weighted by atomic mass is 10.1. The quantitative estimate of drug-likeness (QED) is 0.761. The molecule has 0 fully saturated rings. The van der Waals surface area contributed by atoms with Crippen molar-refractivity contribution < 1.29 is 4.79 Å². The first-order chi connectivity index (χ1) is 11.8. The van der Waals surface area contributed by atoms with E-state index in [-0.39, 0.29) is 5.91 Å². The highest BCUT2D eigenvalue weighted by atomic mass is 16.1. The summed E-state index contributed by atoms with van der Waals surface area (Å²) < 4.78 is 0. The smallest absolute Gasteiger partial charge is 0.256 e. The van der Waals surface area contributed by atoms with Gasteiger partial charge in [-0.1, -0.05) is 61.9 Å². The van der Waals surface area contributed by atoms with Crippen LogP contribution in [0.25, 0.3) is 11.3 Å². The minimum Gasteiger partial charge on any atom is -0.305 e. The fourth-order valence-electron chi connectivity index (χ4n) is 2.46. The molecule has 4 heteroatoms. The lowest BCUT2D eigenvalue weighted by molar-refractivity contribution is 0.102. The molecule has 0 spiro atoms. The van der Waals surface area contributed by atoms with Crippen molar-refractivity contribution in [1.29, 1.82) is 0 Å². The number of carbonyl (C=O) groups excluding carboxylic acids is 1. The number of rotatable bonds is 5. The predicted octanol–water partition coefficient (Wildman–Crippen LogP) is 4.35. The van der Waals surface area contributed by atoms with Crippen molar-refractivity contribution in [3.63, 3.8) is 0 Å². The Bertz CT molecular complexity index is 817. The van der Waals surface area contributed by atoms with Crippen LogP contribution in [0.4, 0.5) is 5.82 Å². The van der Waals surface area contributed by atoms with Gasteiger partial charge >= 0.3 is 0 Å². The van der Waals surface area contributed by atoms with Gasteiger partial charge in [-0.15, -0.1) is 0 Å². The second-order valence-corrected chi connectivity index (χ2v) is 5.49. The van der Waals surface area contributed by atoms with Crippen LogP contribution in [0.5, 0.6) is 0 Å². The number of hydrogen-bond donors (Lipinski definition) is 1. The van der Waals surface area contributed by atoms with Crippen LogP contribution in [-0.4, -0.2) is 15.9 Å². The van der Waals surface area contributed by atoms with E-state index in [1.165, 1.54) is 0 Å².